The van der Waals surface area contributed by atoms with Crippen LogP contribution in [0.3, 0.4) is 0 Å². The molecule has 0 aromatic heterocycles. The van der Waals surface area contributed by atoms with E-state index in [1.54, 1.807) is 0 Å². The third kappa shape index (κ3) is 1.21. The zero-order valence-electron chi connectivity index (χ0n) is 9.14. The standard InChI is InChI=1S/C13H12N4/c14-11-5-9-7-3-1-2-4-8(7)13(17-16)10(9)6-12(11)15/h1-6H,14-16H2/b17-13-. The molecule has 4 nitrogen and oxygen atoms in total. The summed E-state index contributed by atoms with van der Waals surface area (Å²) in [6, 6.07) is 11.7. The fourth-order valence-electron chi connectivity index (χ4n) is 2.26. The molecule has 0 aliphatic heterocycles. The van der Waals surface area contributed by atoms with Crippen molar-refractivity contribution in [2.75, 3.05) is 11.5 Å². The van der Waals surface area contributed by atoms with Crippen LogP contribution in [0.2, 0.25) is 0 Å². The van der Waals surface area contributed by atoms with Gasteiger partial charge in [-0.3, -0.25) is 0 Å². The minimum atomic E-state index is 0.553. The highest BCUT2D eigenvalue weighted by Crippen LogP contribution is 2.39. The van der Waals surface area contributed by atoms with Gasteiger partial charge in [-0.15, -0.1) is 0 Å². The normalized spacial score (nSPS) is 14.7. The van der Waals surface area contributed by atoms with Crippen LogP contribution in [-0.4, -0.2) is 5.71 Å². The quantitative estimate of drug-likeness (QED) is 0.307. The van der Waals surface area contributed by atoms with Gasteiger partial charge in [0, 0.05) is 11.1 Å². The molecule has 17 heavy (non-hydrogen) atoms. The highest BCUT2D eigenvalue weighted by Gasteiger charge is 2.25. The van der Waals surface area contributed by atoms with Crippen LogP contribution in [0.4, 0.5) is 11.4 Å². The minimum absolute atomic E-state index is 0.553. The molecule has 0 fully saturated rings. The van der Waals surface area contributed by atoms with E-state index in [1.165, 1.54) is 0 Å². The molecule has 0 saturated heterocycles. The Kier molecular flexibility index (Phi) is 1.86. The Morgan fingerprint density at radius 3 is 2.00 bits per heavy atom. The van der Waals surface area contributed by atoms with Gasteiger partial charge in [0.05, 0.1) is 17.1 Å². The van der Waals surface area contributed by atoms with Crippen LogP contribution in [0, 0.1) is 0 Å². The Morgan fingerprint density at radius 1 is 0.765 bits per heavy atom. The predicted octanol–water partition coefficient (Wildman–Crippen LogP) is 1.54. The summed E-state index contributed by atoms with van der Waals surface area (Å²) in [5.74, 6) is 5.47. The molecule has 0 atom stereocenters. The van der Waals surface area contributed by atoms with Crippen LogP contribution in [-0.2, 0) is 0 Å². The lowest BCUT2D eigenvalue weighted by molar-refractivity contribution is 1.25. The summed E-state index contributed by atoms with van der Waals surface area (Å²) in [6.07, 6.45) is 0. The summed E-state index contributed by atoms with van der Waals surface area (Å²) in [4.78, 5) is 0. The highest BCUT2D eigenvalue weighted by molar-refractivity contribution is 6.25. The smallest absolute Gasteiger partial charge is 0.0984 e. The topological polar surface area (TPSA) is 90.4 Å². The molecule has 0 heterocycles. The lowest BCUT2D eigenvalue weighted by Gasteiger charge is -2.05. The van der Waals surface area contributed by atoms with Crippen molar-refractivity contribution in [1.29, 1.82) is 0 Å². The molecule has 2 aromatic rings. The zero-order valence-corrected chi connectivity index (χ0v) is 9.14. The average Bonchev–Trinajstić information content (AvgIpc) is 2.63. The van der Waals surface area contributed by atoms with Gasteiger partial charge in [-0.05, 0) is 23.3 Å². The van der Waals surface area contributed by atoms with E-state index in [9.17, 15) is 0 Å². The molecule has 0 spiro atoms. The SMILES string of the molecule is N/N=C1/c2ccccc2-c2cc(N)c(N)cc21. The van der Waals surface area contributed by atoms with Crippen molar-refractivity contribution < 1.29 is 0 Å². The maximum absolute atomic E-state index is 5.84. The first-order valence-electron chi connectivity index (χ1n) is 5.29. The Morgan fingerprint density at radius 2 is 1.35 bits per heavy atom. The van der Waals surface area contributed by atoms with E-state index in [0.717, 1.165) is 28.0 Å². The molecule has 0 saturated carbocycles. The van der Waals surface area contributed by atoms with Crippen LogP contribution in [0.1, 0.15) is 11.1 Å². The van der Waals surface area contributed by atoms with Gasteiger partial charge < -0.3 is 17.3 Å². The second-order valence-corrected chi connectivity index (χ2v) is 4.05. The number of nitrogens with two attached hydrogens (primary N) is 3. The summed E-state index contributed by atoms with van der Waals surface area (Å²) < 4.78 is 0. The Bertz CT molecular complexity index is 644. The Balaban J connectivity index is 2.40. The van der Waals surface area contributed by atoms with Crippen molar-refractivity contribution in [2.45, 2.75) is 0 Å². The number of benzene rings is 2. The molecule has 84 valence electrons. The highest BCUT2D eigenvalue weighted by atomic mass is 15.1. The molecule has 4 heteroatoms. The lowest BCUT2D eigenvalue weighted by Crippen LogP contribution is -2.03. The third-order valence-electron chi connectivity index (χ3n) is 3.08. The van der Waals surface area contributed by atoms with Gasteiger partial charge in [0.25, 0.3) is 0 Å². The number of hydrogen-bond acceptors (Lipinski definition) is 4. The predicted molar refractivity (Wildman–Crippen MR) is 70.5 cm³/mol. The lowest BCUT2D eigenvalue weighted by atomic mass is 10.0. The fraction of sp³-hybridized carbons (Fsp3) is 0. The zero-order chi connectivity index (χ0) is 12.0. The van der Waals surface area contributed by atoms with Crippen LogP contribution in [0.25, 0.3) is 11.1 Å². The van der Waals surface area contributed by atoms with Crippen LogP contribution in [0.15, 0.2) is 41.5 Å². The van der Waals surface area contributed by atoms with Gasteiger partial charge in [-0.1, -0.05) is 24.3 Å². The maximum atomic E-state index is 5.84. The van der Waals surface area contributed by atoms with E-state index in [1.807, 2.05) is 36.4 Å². The molecular weight excluding hydrogens is 212 g/mol. The third-order valence-corrected chi connectivity index (χ3v) is 3.08. The Hall–Kier alpha value is -2.49. The first-order chi connectivity index (χ1) is 8.22. The molecule has 0 unspecified atom stereocenters. The molecule has 0 bridgehead atoms. The largest absolute Gasteiger partial charge is 0.397 e. The number of nitrogen functional groups attached to an aromatic ring is 2. The summed E-state index contributed by atoms with van der Waals surface area (Å²) >= 11 is 0. The van der Waals surface area contributed by atoms with Gasteiger partial charge in [-0.2, -0.15) is 5.10 Å². The van der Waals surface area contributed by atoms with Crippen molar-refractivity contribution in [3.05, 3.63) is 47.5 Å². The average molecular weight is 224 g/mol. The first kappa shape index (κ1) is 9.72. The first-order valence-corrected chi connectivity index (χ1v) is 5.29. The molecule has 0 radical (unpaired) electrons. The number of hydrazone groups is 1. The van der Waals surface area contributed by atoms with E-state index in [-0.39, 0.29) is 0 Å². The molecule has 0 amide bonds. The summed E-state index contributed by atoms with van der Waals surface area (Å²) in [5, 5.41) is 3.86. The van der Waals surface area contributed by atoms with E-state index in [2.05, 4.69) is 5.10 Å². The van der Waals surface area contributed by atoms with Crippen molar-refractivity contribution >= 4 is 17.1 Å². The molecule has 1 aliphatic carbocycles. The second-order valence-electron chi connectivity index (χ2n) is 4.05. The molecular formula is C13H12N4. The van der Waals surface area contributed by atoms with Gasteiger partial charge in [0.2, 0.25) is 0 Å². The van der Waals surface area contributed by atoms with Crippen LogP contribution in [0.5, 0.6) is 0 Å². The van der Waals surface area contributed by atoms with Crippen LogP contribution >= 0.6 is 0 Å². The minimum Gasteiger partial charge on any atom is -0.397 e. The van der Waals surface area contributed by atoms with E-state index >= 15 is 0 Å². The summed E-state index contributed by atoms with van der Waals surface area (Å²) in [6.45, 7) is 0. The van der Waals surface area contributed by atoms with Gasteiger partial charge in [0.15, 0.2) is 0 Å². The monoisotopic (exact) mass is 224 g/mol. The number of rotatable bonds is 0. The number of nitrogens with zero attached hydrogens (tertiary/aromatic N) is 1. The molecule has 6 N–H and O–H groups in total. The van der Waals surface area contributed by atoms with Crippen molar-refractivity contribution in [3.63, 3.8) is 0 Å². The number of anilines is 2. The molecule has 3 rings (SSSR count). The van der Waals surface area contributed by atoms with E-state index < -0.39 is 0 Å². The molecule has 1 aliphatic rings. The van der Waals surface area contributed by atoms with Gasteiger partial charge >= 0.3 is 0 Å². The summed E-state index contributed by atoms with van der Waals surface area (Å²) in [7, 11) is 0. The molecule has 2 aromatic carbocycles. The van der Waals surface area contributed by atoms with Gasteiger partial charge in [-0.25, -0.2) is 0 Å². The summed E-state index contributed by atoms with van der Waals surface area (Å²) in [5.41, 5.74) is 17.7. The van der Waals surface area contributed by atoms with Crippen molar-refractivity contribution in [2.24, 2.45) is 10.9 Å². The van der Waals surface area contributed by atoms with E-state index in [0.29, 0.717) is 11.4 Å². The fourth-order valence-corrected chi connectivity index (χ4v) is 2.26. The number of hydrogen-bond donors (Lipinski definition) is 3. The Labute approximate surface area is 98.7 Å². The van der Waals surface area contributed by atoms with E-state index in [4.69, 9.17) is 17.3 Å². The number of fused-ring (bicyclic) bond motifs is 3. The maximum Gasteiger partial charge on any atom is 0.0984 e. The van der Waals surface area contributed by atoms with Crippen molar-refractivity contribution in [3.8, 4) is 11.1 Å². The van der Waals surface area contributed by atoms with Crippen LogP contribution < -0.4 is 17.3 Å². The van der Waals surface area contributed by atoms with Gasteiger partial charge in [0.1, 0.15) is 0 Å². The van der Waals surface area contributed by atoms with Crippen molar-refractivity contribution in [1.82, 2.24) is 0 Å². The second kappa shape index (κ2) is 3.25.